The Balaban J connectivity index is 3.01. The highest BCUT2D eigenvalue weighted by atomic mass is 32.2. The van der Waals surface area contributed by atoms with E-state index in [0.29, 0.717) is 5.56 Å². The van der Waals surface area contributed by atoms with Gasteiger partial charge in [0.2, 0.25) is 0 Å². The Morgan fingerprint density at radius 2 is 2.30 bits per heavy atom. The van der Waals surface area contributed by atoms with Crippen LogP contribution in [0.2, 0.25) is 0 Å². The predicted octanol–water partition coefficient (Wildman–Crippen LogP) is 2.44. The zero-order valence-corrected chi connectivity index (χ0v) is 6.19. The molecule has 0 aromatic heterocycles. The quantitative estimate of drug-likeness (QED) is 0.571. The summed E-state index contributed by atoms with van der Waals surface area (Å²) >= 11 is 1.40. The van der Waals surface area contributed by atoms with Crippen LogP contribution in [0.15, 0.2) is 29.2 Å². The van der Waals surface area contributed by atoms with E-state index >= 15 is 0 Å². The van der Waals surface area contributed by atoms with Crippen molar-refractivity contribution in [3.8, 4) is 6.07 Å². The van der Waals surface area contributed by atoms with Gasteiger partial charge >= 0.3 is 0 Å². The molecule has 0 saturated heterocycles. The topological polar surface area (TPSA) is 23.8 Å². The molecule has 0 fully saturated rings. The van der Waals surface area contributed by atoms with Gasteiger partial charge in [0.05, 0.1) is 11.6 Å². The van der Waals surface area contributed by atoms with Crippen LogP contribution < -0.4 is 0 Å². The molecule has 0 saturated carbocycles. The van der Waals surface area contributed by atoms with Crippen LogP contribution in [-0.4, -0.2) is 0 Å². The van der Waals surface area contributed by atoms with Crippen LogP contribution in [0.25, 0.3) is 0 Å². The molecule has 0 unspecified atom stereocenters. The van der Waals surface area contributed by atoms with E-state index in [1.807, 2.05) is 18.2 Å². The van der Waals surface area contributed by atoms with Crippen LogP contribution in [0, 0.1) is 17.6 Å². The second-order valence-electron chi connectivity index (χ2n) is 1.78. The minimum absolute atomic E-state index is 0.689. The van der Waals surface area contributed by atoms with E-state index in [4.69, 9.17) is 5.26 Å². The highest BCUT2D eigenvalue weighted by Crippen LogP contribution is 2.16. The van der Waals surface area contributed by atoms with Gasteiger partial charge in [-0.2, -0.15) is 5.26 Å². The van der Waals surface area contributed by atoms with Gasteiger partial charge in [-0.3, -0.25) is 0 Å². The Labute approximate surface area is 64.7 Å². The number of hydrogen-bond donors (Lipinski definition) is 0. The lowest BCUT2D eigenvalue weighted by Gasteiger charge is -1.93. The van der Waals surface area contributed by atoms with E-state index in [1.54, 1.807) is 6.07 Å². The predicted molar refractivity (Wildman–Crippen MR) is 42.4 cm³/mol. The molecule has 0 heterocycles. The Kier molecular flexibility index (Phi) is 2.35. The van der Waals surface area contributed by atoms with E-state index in [2.05, 4.69) is 12.3 Å². The average Bonchev–Trinajstić information content (AvgIpc) is 2.05. The van der Waals surface area contributed by atoms with Gasteiger partial charge < -0.3 is 0 Å². The summed E-state index contributed by atoms with van der Waals surface area (Å²) in [5.74, 6) is 0. The van der Waals surface area contributed by atoms with Crippen LogP contribution in [-0.2, 0) is 0 Å². The third-order valence-corrected chi connectivity index (χ3v) is 1.72. The minimum Gasteiger partial charge on any atom is -0.192 e. The molecule has 0 spiro atoms. The van der Waals surface area contributed by atoms with Crippen LogP contribution in [0.3, 0.4) is 0 Å². The molecule has 1 nitrogen and oxygen atoms in total. The first-order valence-corrected chi connectivity index (χ1v) is 3.77. The van der Waals surface area contributed by atoms with E-state index < -0.39 is 0 Å². The number of benzene rings is 1. The van der Waals surface area contributed by atoms with E-state index in [1.165, 1.54) is 11.8 Å². The van der Waals surface area contributed by atoms with Gasteiger partial charge in [0, 0.05) is 11.2 Å². The van der Waals surface area contributed by atoms with Gasteiger partial charge in [-0.15, -0.1) is 11.8 Å². The summed E-state index contributed by atoms with van der Waals surface area (Å²) in [6, 6.07) is 9.44. The van der Waals surface area contributed by atoms with E-state index in [-0.39, 0.29) is 0 Å². The first-order chi connectivity index (χ1) is 4.86. The van der Waals surface area contributed by atoms with Crippen molar-refractivity contribution in [2.75, 3.05) is 0 Å². The molecule has 0 atom stereocenters. The lowest BCUT2D eigenvalue weighted by molar-refractivity contribution is 1.41. The number of rotatable bonds is 1. The van der Waals surface area contributed by atoms with Gasteiger partial charge in [0.25, 0.3) is 0 Å². The molecule has 0 amide bonds. The molecule has 1 aromatic carbocycles. The molecule has 10 heavy (non-hydrogen) atoms. The molecule has 1 radical (unpaired) electrons. The zero-order valence-electron chi connectivity index (χ0n) is 5.37. The SMILES string of the molecule is [CH2]Sc1cccc(C#N)c1. The monoisotopic (exact) mass is 148 g/mol. The van der Waals surface area contributed by atoms with Gasteiger partial charge in [0.1, 0.15) is 0 Å². The van der Waals surface area contributed by atoms with Gasteiger partial charge in [-0.05, 0) is 18.2 Å². The second kappa shape index (κ2) is 3.28. The summed E-state index contributed by atoms with van der Waals surface area (Å²) in [5.41, 5.74) is 0.689. The van der Waals surface area contributed by atoms with Crippen LogP contribution in [0.4, 0.5) is 0 Å². The molecule has 0 aliphatic carbocycles. The first-order valence-electron chi connectivity index (χ1n) is 2.79. The van der Waals surface area contributed by atoms with Crippen LogP contribution in [0.5, 0.6) is 0 Å². The third-order valence-electron chi connectivity index (χ3n) is 1.13. The zero-order chi connectivity index (χ0) is 7.40. The fourth-order valence-electron chi connectivity index (χ4n) is 0.655. The molecule has 49 valence electrons. The number of nitrogens with zero attached hydrogens (tertiary/aromatic N) is 1. The Hall–Kier alpha value is -0.940. The van der Waals surface area contributed by atoms with Crippen molar-refractivity contribution in [3.05, 3.63) is 36.1 Å². The summed E-state index contributed by atoms with van der Waals surface area (Å²) in [4.78, 5) is 1.03. The average molecular weight is 148 g/mol. The Morgan fingerprint density at radius 3 is 2.90 bits per heavy atom. The van der Waals surface area contributed by atoms with Crippen molar-refractivity contribution in [1.82, 2.24) is 0 Å². The molecule has 0 bridgehead atoms. The molecule has 1 aromatic rings. The first kappa shape index (κ1) is 7.17. The smallest absolute Gasteiger partial charge is 0.0992 e. The fraction of sp³-hybridized carbons (Fsp3) is 0. The summed E-state index contributed by atoms with van der Waals surface area (Å²) in [7, 11) is 0. The normalized spacial score (nSPS) is 8.80. The molecule has 0 N–H and O–H groups in total. The van der Waals surface area contributed by atoms with Crippen molar-refractivity contribution in [2.24, 2.45) is 0 Å². The van der Waals surface area contributed by atoms with Gasteiger partial charge in [0.15, 0.2) is 0 Å². The standard InChI is InChI=1S/C8H6NS/c1-10-8-4-2-3-7(5-8)6-9/h2-5H,1H2. The van der Waals surface area contributed by atoms with Crippen molar-refractivity contribution < 1.29 is 0 Å². The third kappa shape index (κ3) is 1.52. The second-order valence-corrected chi connectivity index (χ2v) is 2.54. The van der Waals surface area contributed by atoms with Gasteiger partial charge in [-0.25, -0.2) is 0 Å². The van der Waals surface area contributed by atoms with Gasteiger partial charge in [-0.1, -0.05) is 6.07 Å². The van der Waals surface area contributed by atoms with Crippen molar-refractivity contribution in [1.29, 1.82) is 5.26 Å². The maximum absolute atomic E-state index is 8.48. The lowest BCUT2D eigenvalue weighted by Crippen LogP contribution is -1.72. The number of thioether (sulfide) groups is 1. The lowest BCUT2D eigenvalue weighted by atomic mass is 10.2. The molecular formula is C8H6NS. The van der Waals surface area contributed by atoms with E-state index in [9.17, 15) is 0 Å². The fourth-order valence-corrected chi connectivity index (χ4v) is 1.04. The van der Waals surface area contributed by atoms with E-state index in [0.717, 1.165) is 4.90 Å². The molecular weight excluding hydrogens is 142 g/mol. The summed E-state index contributed by atoms with van der Waals surface area (Å²) in [6.45, 7) is 0. The van der Waals surface area contributed by atoms with Crippen molar-refractivity contribution in [2.45, 2.75) is 4.90 Å². The Morgan fingerprint density at radius 1 is 1.50 bits per heavy atom. The number of nitriles is 1. The Bertz CT molecular complexity index is 262. The highest BCUT2D eigenvalue weighted by molar-refractivity contribution is 8.00. The number of hydrogen-bond acceptors (Lipinski definition) is 2. The van der Waals surface area contributed by atoms with Crippen LogP contribution >= 0.6 is 11.8 Å². The van der Waals surface area contributed by atoms with Crippen molar-refractivity contribution in [3.63, 3.8) is 0 Å². The molecule has 1 rings (SSSR count). The summed E-state index contributed by atoms with van der Waals surface area (Å²) < 4.78 is 0. The highest BCUT2D eigenvalue weighted by Gasteiger charge is 1.90. The maximum Gasteiger partial charge on any atom is 0.0992 e. The largest absolute Gasteiger partial charge is 0.192 e. The minimum atomic E-state index is 0.689. The summed E-state index contributed by atoms with van der Waals surface area (Å²) in [5, 5.41) is 8.48. The van der Waals surface area contributed by atoms with Crippen LogP contribution in [0.1, 0.15) is 5.56 Å². The molecule has 2 heteroatoms. The van der Waals surface area contributed by atoms with Crippen molar-refractivity contribution >= 4 is 11.8 Å². The molecule has 0 aliphatic rings. The summed E-state index contributed by atoms with van der Waals surface area (Å²) in [6.07, 6.45) is 3.64. The maximum atomic E-state index is 8.48. The molecule has 0 aliphatic heterocycles.